The summed E-state index contributed by atoms with van der Waals surface area (Å²) in [4.78, 5) is 8.59. The molecule has 0 aliphatic carbocycles. The van der Waals surface area contributed by atoms with Gasteiger partial charge in [-0.3, -0.25) is 0 Å². The minimum atomic E-state index is 0.668. The lowest BCUT2D eigenvalue weighted by atomic mass is 10.2. The van der Waals surface area contributed by atoms with Gasteiger partial charge in [0.2, 0.25) is 0 Å². The number of nitrogens with zero attached hydrogens (tertiary/aromatic N) is 4. The molecule has 1 aromatic carbocycles. The van der Waals surface area contributed by atoms with E-state index < -0.39 is 0 Å². The molecule has 3 rings (SSSR count). The minimum Gasteiger partial charge on any atom is -0.330 e. The highest BCUT2D eigenvalue weighted by Crippen LogP contribution is 2.20. The molecule has 0 spiro atoms. The predicted octanol–water partition coefficient (Wildman–Crippen LogP) is 3.88. The van der Waals surface area contributed by atoms with E-state index in [1.165, 1.54) is 0 Å². The van der Waals surface area contributed by atoms with Gasteiger partial charge in [-0.2, -0.15) is 11.8 Å². The molecule has 0 atom stereocenters. The van der Waals surface area contributed by atoms with Crippen molar-refractivity contribution in [2.24, 2.45) is 0 Å². The van der Waals surface area contributed by atoms with Gasteiger partial charge in [0, 0.05) is 48.3 Å². The van der Waals surface area contributed by atoms with Gasteiger partial charge < -0.3 is 9.13 Å². The number of imidazole rings is 2. The van der Waals surface area contributed by atoms with Crippen molar-refractivity contribution in [1.29, 1.82) is 0 Å². The van der Waals surface area contributed by atoms with Crippen LogP contribution in [0.25, 0.3) is 17.1 Å². The fourth-order valence-corrected chi connectivity index (χ4v) is 3.10. The van der Waals surface area contributed by atoms with E-state index in [-0.39, 0.29) is 0 Å². The molecule has 0 radical (unpaired) electrons. The summed E-state index contributed by atoms with van der Waals surface area (Å²) in [6, 6.07) is 8.42. The molecule has 0 aliphatic rings. The van der Waals surface area contributed by atoms with Crippen molar-refractivity contribution in [3.63, 3.8) is 0 Å². The third-order valence-corrected chi connectivity index (χ3v) is 4.51. The van der Waals surface area contributed by atoms with Crippen molar-refractivity contribution in [3.05, 3.63) is 55.4 Å². The maximum absolute atomic E-state index is 4.51. The summed E-state index contributed by atoms with van der Waals surface area (Å²) >= 11 is 1.98. The summed E-state index contributed by atoms with van der Waals surface area (Å²) in [5.74, 6) is 2.13. The molecule has 0 saturated heterocycles. The summed E-state index contributed by atoms with van der Waals surface area (Å²) in [5, 5.41) is 0.668. The van der Waals surface area contributed by atoms with E-state index in [9.17, 15) is 0 Å². The lowest BCUT2D eigenvalue weighted by Gasteiger charge is -2.10. The van der Waals surface area contributed by atoms with E-state index >= 15 is 0 Å². The van der Waals surface area contributed by atoms with Crippen molar-refractivity contribution in [1.82, 2.24) is 19.1 Å². The highest BCUT2D eigenvalue weighted by molar-refractivity contribution is 7.99. The fraction of sp³-hybridized carbons (Fsp3) is 0.294. The molecule has 0 bridgehead atoms. The highest BCUT2D eigenvalue weighted by atomic mass is 32.2. The summed E-state index contributed by atoms with van der Waals surface area (Å²) < 4.78 is 4.22. The van der Waals surface area contributed by atoms with Crippen LogP contribution in [-0.2, 0) is 6.54 Å². The molecule has 0 N–H and O–H groups in total. The number of rotatable bonds is 6. The monoisotopic (exact) mass is 312 g/mol. The van der Waals surface area contributed by atoms with Gasteiger partial charge in [-0.1, -0.05) is 13.8 Å². The molecule has 22 heavy (non-hydrogen) atoms. The first kappa shape index (κ1) is 14.9. The Kier molecular flexibility index (Phi) is 4.63. The van der Waals surface area contributed by atoms with Crippen LogP contribution in [0.15, 0.2) is 55.4 Å². The van der Waals surface area contributed by atoms with Crippen LogP contribution < -0.4 is 0 Å². The summed E-state index contributed by atoms with van der Waals surface area (Å²) in [5.41, 5.74) is 2.25. The first-order valence-corrected chi connectivity index (χ1v) is 8.50. The Morgan fingerprint density at radius 1 is 1.09 bits per heavy atom. The Balaban J connectivity index is 1.76. The lowest BCUT2D eigenvalue weighted by Crippen LogP contribution is -2.03. The van der Waals surface area contributed by atoms with Crippen LogP contribution in [0.3, 0.4) is 0 Å². The zero-order valence-corrected chi connectivity index (χ0v) is 13.7. The van der Waals surface area contributed by atoms with Crippen molar-refractivity contribution >= 4 is 11.8 Å². The molecule has 2 heterocycles. The molecular formula is C17H20N4S. The third-order valence-electron chi connectivity index (χ3n) is 3.43. The second kappa shape index (κ2) is 6.83. The van der Waals surface area contributed by atoms with E-state index in [0.29, 0.717) is 5.25 Å². The molecule has 114 valence electrons. The fourth-order valence-electron chi connectivity index (χ4n) is 2.33. The number of benzene rings is 1. The summed E-state index contributed by atoms with van der Waals surface area (Å²) in [6.07, 6.45) is 9.46. The molecule has 3 aromatic rings. The van der Waals surface area contributed by atoms with Crippen molar-refractivity contribution < 1.29 is 0 Å². The maximum atomic E-state index is 4.51. The van der Waals surface area contributed by atoms with Crippen LogP contribution in [0.1, 0.15) is 13.8 Å². The van der Waals surface area contributed by atoms with Crippen LogP contribution in [0.5, 0.6) is 0 Å². The first-order chi connectivity index (χ1) is 10.7. The van der Waals surface area contributed by atoms with Crippen LogP contribution >= 0.6 is 11.8 Å². The number of hydrogen-bond donors (Lipinski definition) is 0. The SMILES string of the molecule is CC(C)SCCn1ccnc1-c1ccc(-n2ccnc2)cc1. The Labute approximate surface area is 135 Å². The van der Waals surface area contributed by atoms with Gasteiger partial charge in [0.25, 0.3) is 0 Å². The second-order valence-corrected chi connectivity index (χ2v) is 7.07. The van der Waals surface area contributed by atoms with Gasteiger partial charge >= 0.3 is 0 Å². The molecule has 0 unspecified atom stereocenters. The quantitative estimate of drug-likeness (QED) is 0.693. The van der Waals surface area contributed by atoms with Gasteiger partial charge in [0.15, 0.2) is 0 Å². The minimum absolute atomic E-state index is 0.668. The van der Waals surface area contributed by atoms with Gasteiger partial charge in [-0.25, -0.2) is 9.97 Å². The standard InChI is InChI=1S/C17H20N4S/c1-14(2)22-12-11-20-10-8-19-17(20)15-3-5-16(6-4-15)21-9-7-18-13-21/h3-10,13-14H,11-12H2,1-2H3. The van der Waals surface area contributed by atoms with Crippen LogP contribution in [0.4, 0.5) is 0 Å². The molecule has 5 heteroatoms. The molecule has 0 saturated carbocycles. The number of thioether (sulfide) groups is 1. The average molecular weight is 312 g/mol. The van der Waals surface area contributed by atoms with Crippen molar-refractivity contribution in [2.45, 2.75) is 25.6 Å². The van der Waals surface area contributed by atoms with Gasteiger partial charge in [-0.15, -0.1) is 0 Å². The lowest BCUT2D eigenvalue weighted by molar-refractivity contribution is 0.778. The van der Waals surface area contributed by atoms with E-state index in [2.05, 4.69) is 58.8 Å². The number of hydrogen-bond acceptors (Lipinski definition) is 3. The van der Waals surface area contributed by atoms with Crippen LogP contribution in [0.2, 0.25) is 0 Å². The largest absolute Gasteiger partial charge is 0.330 e. The Morgan fingerprint density at radius 2 is 1.91 bits per heavy atom. The smallest absolute Gasteiger partial charge is 0.139 e. The van der Waals surface area contributed by atoms with Crippen LogP contribution in [-0.4, -0.2) is 30.1 Å². The van der Waals surface area contributed by atoms with E-state index in [1.54, 1.807) is 12.5 Å². The Hall–Kier alpha value is -2.01. The summed E-state index contributed by atoms with van der Waals surface area (Å²) in [7, 11) is 0. The predicted molar refractivity (Wildman–Crippen MR) is 92.4 cm³/mol. The van der Waals surface area contributed by atoms with Gasteiger partial charge in [-0.05, 0) is 29.5 Å². The third kappa shape index (κ3) is 3.42. The Morgan fingerprint density at radius 3 is 2.59 bits per heavy atom. The zero-order valence-electron chi connectivity index (χ0n) is 12.9. The van der Waals surface area contributed by atoms with Gasteiger partial charge in [0.05, 0.1) is 6.33 Å². The van der Waals surface area contributed by atoms with E-state index in [0.717, 1.165) is 29.4 Å². The molecule has 0 fully saturated rings. The molecule has 0 aliphatic heterocycles. The van der Waals surface area contributed by atoms with Crippen molar-refractivity contribution in [3.8, 4) is 17.1 Å². The average Bonchev–Trinajstić information content (AvgIpc) is 3.19. The van der Waals surface area contributed by atoms with Crippen LogP contribution in [0, 0.1) is 0 Å². The van der Waals surface area contributed by atoms with Gasteiger partial charge in [0.1, 0.15) is 5.82 Å². The normalized spacial score (nSPS) is 11.2. The van der Waals surface area contributed by atoms with E-state index in [4.69, 9.17) is 0 Å². The molecule has 0 amide bonds. The molecule has 2 aromatic heterocycles. The van der Waals surface area contributed by atoms with Crippen molar-refractivity contribution in [2.75, 3.05) is 5.75 Å². The number of aromatic nitrogens is 4. The second-order valence-electron chi connectivity index (χ2n) is 5.38. The Bertz CT molecular complexity index is 699. The molecule has 4 nitrogen and oxygen atoms in total. The topological polar surface area (TPSA) is 35.6 Å². The maximum Gasteiger partial charge on any atom is 0.139 e. The number of aryl methyl sites for hydroxylation is 1. The zero-order chi connectivity index (χ0) is 15.4. The molecular weight excluding hydrogens is 292 g/mol. The highest BCUT2D eigenvalue weighted by Gasteiger charge is 2.06. The van der Waals surface area contributed by atoms with E-state index in [1.807, 2.05) is 28.7 Å². The summed E-state index contributed by atoms with van der Waals surface area (Å²) in [6.45, 7) is 5.45. The first-order valence-electron chi connectivity index (χ1n) is 7.45.